The molecule has 0 unspecified atom stereocenters. The molecule has 100 valence electrons. The van der Waals surface area contributed by atoms with E-state index in [4.69, 9.17) is 5.73 Å². The number of anilines is 2. The van der Waals surface area contributed by atoms with Crippen LogP contribution in [-0.4, -0.2) is 18.1 Å². The van der Waals surface area contributed by atoms with Crippen LogP contribution in [0, 0.1) is 0 Å². The van der Waals surface area contributed by atoms with Gasteiger partial charge in [-0.3, -0.25) is 0 Å². The van der Waals surface area contributed by atoms with Crippen LogP contribution >= 0.6 is 0 Å². The monoisotopic (exact) mass is 259 g/mol. The summed E-state index contributed by atoms with van der Waals surface area (Å²) in [5, 5.41) is 1.94. The van der Waals surface area contributed by atoms with E-state index in [0.717, 1.165) is 32.0 Å². The van der Waals surface area contributed by atoms with Gasteiger partial charge in [-0.15, -0.1) is 0 Å². The Morgan fingerprint density at radius 2 is 1.78 bits per heavy atom. The fraction of sp³-hybridized carbons (Fsp3) is 0.500. The Morgan fingerprint density at radius 3 is 2.39 bits per heavy atom. The molecule has 1 fully saturated rings. The number of rotatable bonds is 2. The topological polar surface area (TPSA) is 41.3 Å². The molecule has 1 aromatic rings. The van der Waals surface area contributed by atoms with Gasteiger partial charge < -0.3 is 11.2 Å². The third kappa shape index (κ3) is 3.07. The quantitative estimate of drug-likeness (QED) is 0.802. The van der Waals surface area contributed by atoms with E-state index in [1.165, 1.54) is 12.5 Å². The van der Waals surface area contributed by atoms with Gasteiger partial charge in [-0.25, -0.2) is 5.01 Å². The number of benzene rings is 1. The molecule has 1 aromatic carbocycles. The third-order valence-corrected chi connectivity index (χ3v) is 3.00. The van der Waals surface area contributed by atoms with Crippen molar-refractivity contribution in [3.8, 4) is 0 Å². The van der Waals surface area contributed by atoms with E-state index in [2.05, 4.69) is 5.43 Å². The zero-order chi connectivity index (χ0) is 13.2. The Hall–Kier alpha value is -1.43. The number of piperidine rings is 1. The van der Waals surface area contributed by atoms with Gasteiger partial charge in [0.25, 0.3) is 0 Å². The fourth-order valence-corrected chi connectivity index (χ4v) is 2.06. The molecule has 1 heterocycles. The Balaban J connectivity index is 2.14. The number of alkyl halides is 3. The summed E-state index contributed by atoms with van der Waals surface area (Å²) in [6.45, 7) is 1.71. The Morgan fingerprint density at radius 1 is 1.11 bits per heavy atom. The average Bonchev–Trinajstić information content (AvgIpc) is 2.31. The van der Waals surface area contributed by atoms with Crippen LogP contribution in [0.3, 0.4) is 0 Å². The molecule has 0 atom stereocenters. The van der Waals surface area contributed by atoms with Crippen LogP contribution in [0.15, 0.2) is 18.2 Å². The zero-order valence-corrected chi connectivity index (χ0v) is 9.93. The van der Waals surface area contributed by atoms with Gasteiger partial charge in [-0.1, -0.05) is 6.42 Å². The highest BCUT2D eigenvalue weighted by Crippen LogP contribution is 2.35. The SMILES string of the molecule is Nc1ccc(NN2CCCCC2)cc1C(F)(F)F. The number of hydrazine groups is 1. The van der Waals surface area contributed by atoms with Crippen molar-refractivity contribution in [3.63, 3.8) is 0 Å². The van der Waals surface area contributed by atoms with Crippen molar-refractivity contribution < 1.29 is 13.2 Å². The maximum Gasteiger partial charge on any atom is 0.418 e. The zero-order valence-electron chi connectivity index (χ0n) is 9.93. The highest BCUT2D eigenvalue weighted by atomic mass is 19.4. The summed E-state index contributed by atoms with van der Waals surface area (Å²) in [5.41, 5.74) is 7.74. The summed E-state index contributed by atoms with van der Waals surface area (Å²) in [7, 11) is 0. The minimum Gasteiger partial charge on any atom is -0.398 e. The largest absolute Gasteiger partial charge is 0.418 e. The molecule has 0 aromatic heterocycles. The molecule has 0 radical (unpaired) electrons. The predicted octanol–water partition coefficient (Wildman–Crippen LogP) is 3.10. The van der Waals surface area contributed by atoms with Crippen molar-refractivity contribution in [2.75, 3.05) is 24.2 Å². The Kier molecular flexibility index (Phi) is 3.65. The molecule has 18 heavy (non-hydrogen) atoms. The van der Waals surface area contributed by atoms with E-state index in [-0.39, 0.29) is 5.69 Å². The molecule has 1 aliphatic heterocycles. The summed E-state index contributed by atoms with van der Waals surface area (Å²) in [5.74, 6) is 0. The van der Waals surface area contributed by atoms with E-state index in [1.807, 2.05) is 5.01 Å². The van der Waals surface area contributed by atoms with Gasteiger partial charge >= 0.3 is 6.18 Å². The molecule has 0 amide bonds. The molecule has 1 saturated heterocycles. The number of nitrogens with two attached hydrogens (primary N) is 1. The summed E-state index contributed by atoms with van der Waals surface area (Å²) in [6, 6.07) is 3.91. The van der Waals surface area contributed by atoms with E-state index >= 15 is 0 Å². The fourth-order valence-electron chi connectivity index (χ4n) is 2.06. The molecule has 1 aliphatic rings. The first-order valence-corrected chi connectivity index (χ1v) is 5.95. The molecule has 0 aliphatic carbocycles. The van der Waals surface area contributed by atoms with Crippen molar-refractivity contribution in [1.29, 1.82) is 0 Å². The van der Waals surface area contributed by atoms with Gasteiger partial charge in [0.1, 0.15) is 0 Å². The molecular formula is C12H16F3N3. The number of hydrogen-bond donors (Lipinski definition) is 2. The Labute approximate surface area is 104 Å². The van der Waals surface area contributed by atoms with Crippen molar-refractivity contribution in [2.24, 2.45) is 0 Å². The molecule has 6 heteroatoms. The van der Waals surface area contributed by atoms with E-state index in [9.17, 15) is 13.2 Å². The maximum absolute atomic E-state index is 12.7. The lowest BCUT2D eigenvalue weighted by atomic mass is 10.1. The van der Waals surface area contributed by atoms with Crippen LogP contribution in [0.4, 0.5) is 24.5 Å². The number of halogens is 3. The second kappa shape index (κ2) is 5.06. The normalized spacial score (nSPS) is 17.7. The van der Waals surface area contributed by atoms with Gasteiger partial charge in [0.2, 0.25) is 0 Å². The first-order chi connectivity index (χ1) is 8.47. The van der Waals surface area contributed by atoms with Crippen molar-refractivity contribution in [2.45, 2.75) is 25.4 Å². The second-order valence-electron chi connectivity index (χ2n) is 4.46. The number of nitrogen functional groups attached to an aromatic ring is 1. The van der Waals surface area contributed by atoms with Crippen LogP contribution in [0.25, 0.3) is 0 Å². The molecule has 0 bridgehead atoms. The van der Waals surface area contributed by atoms with Crippen LogP contribution in [-0.2, 0) is 6.18 Å². The standard InChI is InChI=1S/C12H16F3N3/c13-12(14,15)10-8-9(4-5-11(10)16)17-18-6-2-1-3-7-18/h4-5,8,17H,1-3,6-7,16H2. The lowest BCUT2D eigenvalue weighted by Gasteiger charge is -2.28. The van der Waals surface area contributed by atoms with Crippen molar-refractivity contribution in [1.82, 2.24) is 5.01 Å². The van der Waals surface area contributed by atoms with E-state index < -0.39 is 11.7 Å². The van der Waals surface area contributed by atoms with Crippen molar-refractivity contribution >= 4 is 11.4 Å². The lowest BCUT2D eigenvalue weighted by molar-refractivity contribution is -0.136. The number of nitrogens with one attached hydrogen (secondary N) is 1. The van der Waals surface area contributed by atoms with Crippen LogP contribution in [0.2, 0.25) is 0 Å². The molecule has 3 N–H and O–H groups in total. The van der Waals surface area contributed by atoms with Crippen molar-refractivity contribution in [3.05, 3.63) is 23.8 Å². The first-order valence-electron chi connectivity index (χ1n) is 5.95. The molecule has 3 nitrogen and oxygen atoms in total. The highest BCUT2D eigenvalue weighted by Gasteiger charge is 2.33. The van der Waals surface area contributed by atoms with Gasteiger partial charge in [-0.2, -0.15) is 13.2 Å². The minimum absolute atomic E-state index is 0.244. The van der Waals surface area contributed by atoms with Crippen LogP contribution in [0.5, 0.6) is 0 Å². The first kappa shape index (κ1) is 13.0. The van der Waals surface area contributed by atoms with Crippen LogP contribution in [0.1, 0.15) is 24.8 Å². The molecular weight excluding hydrogens is 243 g/mol. The van der Waals surface area contributed by atoms with E-state index in [1.54, 1.807) is 6.07 Å². The van der Waals surface area contributed by atoms with Gasteiger partial charge in [0.15, 0.2) is 0 Å². The Bertz CT molecular complexity index is 412. The summed E-state index contributed by atoms with van der Waals surface area (Å²) in [4.78, 5) is 0. The molecule has 2 rings (SSSR count). The van der Waals surface area contributed by atoms with E-state index in [0.29, 0.717) is 5.69 Å². The number of nitrogens with zero attached hydrogens (tertiary/aromatic N) is 1. The molecule has 0 spiro atoms. The summed E-state index contributed by atoms with van der Waals surface area (Å²) >= 11 is 0. The maximum atomic E-state index is 12.7. The summed E-state index contributed by atoms with van der Waals surface area (Å²) in [6.07, 6.45) is -1.11. The van der Waals surface area contributed by atoms with Gasteiger partial charge in [-0.05, 0) is 31.0 Å². The average molecular weight is 259 g/mol. The number of hydrogen-bond acceptors (Lipinski definition) is 3. The summed E-state index contributed by atoms with van der Waals surface area (Å²) < 4.78 is 38.1. The van der Waals surface area contributed by atoms with Gasteiger partial charge in [0, 0.05) is 24.5 Å². The molecule has 0 saturated carbocycles. The van der Waals surface area contributed by atoms with Gasteiger partial charge in [0.05, 0.1) is 5.56 Å². The smallest absolute Gasteiger partial charge is 0.398 e. The third-order valence-electron chi connectivity index (χ3n) is 3.00. The predicted molar refractivity (Wildman–Crippen MR) is 64.9 cm³/mol. The second-order valence-corrected chi connectivity index (χ2v) is 4.46. The lowest BCUT2D eigenvalue weighted by Crippen LogP contribution is -2.34. The minimum atomic E-state index is -4.41. The van der Waals surface area contributed by atoms with Crippen LogP contribution < -0.4 is 11.2 Å². The highest BCUT2D eigenvalue weighted by molar-refractivity contribution is 5.58.